The Kier molecular flexibility index (Phi) is 7.40. The Morgan fingerprint density at radius 2 is 1.70 bits per heavy atom. The van der Waals surface area contributed by atoms with Gasteiger partial charge >= 0.3 is 12.1 Å². The van der Waals surface area contributed by atoms with Crippen molar-refractivity contribution in [3.63, 3.8) is 0 Å². The van der Waals surface area contributed by atoms with Gasteiger partial charge in [-0.3, -0.25) is 9.59 Å². The number of ether oxygens (including phenoxy) is 1. The van der Waals surface area contributed by atoms with Crippen molar-refractivity contribution < 1.29 is 31.9 Å². The minimum absolute atomic E-state index is 0. The summed E-state index contributed by atoms with van der Waals surface area (Å²) in [7, 11) is 1.04. The van der Waals surface area contributed by atoms with Crippen LogP contribution in [-0.2, 0) is 20.5 Å². The Hall–Kier alpha value is -1.87. The fraction of sp³-hybridized carbons (Fsp3) is 0.600. The molecule has 1 amide bonds. The summed E-state index contributed by atoms with van der Waals surface area (Å²) in [6.45, 7) is 1.19. The highest BCUT2D eigenvalue weighted by atomic mass is 35.5. The molecule has 1 unspecified atom stereocenters. The SMILES string of the molecule is COC(=O)C(C)c1cc(F)c(NC(=O)[C@@H](N)C(C2CC2)C2CC2)cc1C(F)(F)F.Cl. The fourth-order valence-electron chi connectivity index (χ4n) is 3.92. The molecule has 2 saturated carbocycles. The van der Waals surface area contributed by atoms with E-state index in [0.717, 1.165) is 32.8 Å². The van der Waals surface area contributed by atoms with E-state index in [2.05, 4.69) is 10.1 Å². The maximum absolute atomic E-state index is 14.5. The number of anilines is 1. The van der Waals surface area contributed by atoms with Crippen LogP contribution < -0.4 is 11.1 Å². The quantitative estimate of drug-likeness (QED) is 0.479. The molecule has 3 N–H and O–H groups in total. The van der Waals surface area contributed by atoms with Gasteiger partial charge in [0.25, 0.3) is 0 Å². The molecule has 2 fully saturated rings. The van der Waals surface area contributed by atoms with Crippen molar-refractivity contribution in [3.05, 3.63) is 29.1 Å². The number of nitrogens with two attached hydrogens (primary N) is 1. The van der Waals surface area contributed by atoms with Crippen LogP contribution >= 0.6 is 12.4 Å². The Morgan fingerprint density at radius 1 is 1.17 bits per heavy atom. The summed E-state index contributed by atoms with van der Waals surface area (Å²) in [5.41, 5.74) is 3.71. The number of halogens is 5. The van der Waals surface area contributed by atoms with E-state index in [1.165, 1.54) is 6.92 Å². The number of hydrogen-bond acceptors (Lipinski definition) is 4. The second kappa shape index (κ2) is 9.09. The van der Waals surface area contributed by atoms with Gasteiger partial charge in [0.15, 0.2) is 0 Å². The average molecular weight is 453 g/mol. The highest BCUT2D eigenvalue weighted by Crippen LogP contribution is 2.50. The first-order chi connectivity index (χ1) is 13.5. The van der Waals surface area contributed by atoms with Crippen LogP contribution in [0.5, 0.6) is 0 Å². The third kappa shape index (κ3) is 5.24. The summed E-state index contributed by atoms with van der Waals surface area (Å²) in [5, 5.41) is 2.22. The summed E-state index contributed by atoms with van der Waals surface area (Å²) in [5.74, 6) is -3.35. The predicted molar refractivity (Wildman–Crippen MR) is 105 cm³/mol. The molecule has 5 nitrogen and oxygen atoms in total. The van der Waals surface area contributed by atoms with Gasteiger partial charge in [0.1, 0.15) is 5.82 Å². The number of hydrogen-bond donors (Lipinski definition) is 2. The van der Waals surface area contributed by atoms with E-state index in [0.29, 0.717) is 24.0 Å². The molecule has 1 aromatic carbocycles. The van der Waals surface area contributed by atoms with Crippen LogP contribution in [-0.4, -0.2) is 25.0 Å². The van der Waals surface area contributed by atoms with Gasteiger partial charge in [-0.05, 0) is 68.1 Å². The van der Waals surface area contributed by atoms with Gasteiger partial charge in [-0.25, -0.2) is 4.39 Å². The second-order valence-corrected chi connectivity index (χ2v) is 7.93. The number of rotatable bonds is 7. The maximum Gasteiger partial charge on any atom is 0.416 e. The zero-order valence-corrected chi connectivity index (χ0v) is 17.4. The van der Waals surface area contributed by atoms with E-state index < -0.39 is 52.6 Å². The monoisotopic (exact) mass is 452 g/mol. The number of esters is 1. The van der Waals surface area contributed by atoms with Crippen molar-refractivity contribution in [2.75, 3.05) is 12.4 Å². The molecule has 3 rings (SSSR count). The van der Waals surface area contributed by atoms with Crippen molar-refractivity contribution in [3.8, 4) is 0 Å². The number of amides is 1. The van der Waals surface area contributed by atoms with Gasteiger partial charge in [-0.1, -0.05) is 0 Å². The van der Waals surface area contributed by atoms with Gasteiger partial charge < -0.3 is 15.8 Å². The lowest BCUT2D eigenvalue weighted by Crippen LogP contribution is -2.44. The molecule has 10 heteroatoms. The molecule has 2 aliphatic carbocycles. The van der Waals surface area contributed by atoms with E-state index in [-0.39, 0.29) is 18.3 Å². The molecule has 0 bridgehead atoms. The first kappa shape index (κ1) is 24.4. The fourth-order valence-corrected chi connectivity index (χ4v) is 3.92. The largest absolute Gasteiger partial charge is 0.469 e. The lowest BCUT2D eigenvalue weighted by atomic mass is 9.89. The van der Waals surface area contributed by atoms with Crippen LogP contribution in [0.4, 0.5) is 23.2 Å². The number of benzene rings is 1. The van der Waals surface area contributed by atoms with E-state index in [4.69, 9.17) is 5.73 Å². The first-order valence-electron chi connectivity index (χ1n) is 9.59. The average Bonchev–Trinajstić information content (AvgIpc) is 3.55. The van der Waals surface area contributed by atoms with Gasteiger partial charge in [-0.15, -0.1) is 12.4 Å². The molecule has 0 spiro atoms. The minimum atomic E-state index is -4.85. The van der Waals surface area contributed by atoms with Gasteiger partial charge in [0, 0.05) is 0 Å². The topological polar surface area (TPSA) is 81.4 Å². The number of carbonyl (C=O) groups excluding carboxylic acids is 2. The lowest BCUT2D eigenvalue weighted by Gasteiger charge is -2.24. The summed E-state index contributed by atoms with van der Waals surface area (Å²) in [6.07, 6.45) is -0.926. The van der Waals surface area contributed by atoms with Crippen LogP contribution in [0.3, 0.4) is 0 Å². The smallest absolute Gasteiger partial charge is 0.416 e. The van der Waals surface area contributed by atoms with Crippen molar-refractivity contribution in [1.29, 1.82) is 0 Å². The minimum Gasteiger partial charge on any atom is -0.469 e. The van der Waals surface area contributed by atoms with Crippen LogP contribution in [0.2, 0.25) is 0 Å². The van der Waals surface area contributed by atoms with E-state index in [1.54, 1.807) is 0 Å². The second-order valence-electron chi connectivity index (χ2n) is 7.93. The van der Waals surface area contributed by atoms with E-state index in [1.807, 2.05) is 0 Å². The zero-order chi connectivity index (χ0) is 21.5. The molecule has 2 aliphatic rings. The highest BCUT2D eigenvalue weighted by molar-refractivity contribution is 5.95. The van der Waals surface area contributed by atoms with Crippen molar-refractivity contribution in [2.45, 2.75) is 50.7 Å². The van der Waals surface area contributed by atoms with E-state index >= 15 is 0 Å². The van der Waals surface area contributed by atoms with E-state index in [9.17, 15) is 27.2 Å². The molecular formula is C20H25ClF4N2O3. The Labute approximate surface area is 178 Å². The van der Waals surface area contributed by atoms with Gasteiger partial charge in [-0.2, -0.15) is 13.2 Å². The summed E-state index contributed by atoms with van der Waals surface area (Å²) >= 11 is 0. The van der Waals surface area contributed by atoms with Crippen molar-refractivity contribution >= 4 is 30.0 Å². The van der Waals surface area contributed by atoms with Gasteiger partial charge in [0.2, 0.25) is 5.91 Å². The third-order valence-electron chi connectivity index (χ3n) is 5.77. The third-order valence-corrected chi connectivity index (χ3v) is 5.77. The molecule has 0 saturated heterocycles. The first-order valence-corrected chi connectivity index (χ1v) is 9.59. The Bertz CT molecular complexity index is 798. The molecule has 0 heterocycles. The molecule has 0 aliphatic heterocycles. The number of alkyl halides is 3. The highest BCUT2D eigenvalue weighted by Gasteiger charge is 2.46. The number of nitrogens with one attached hydrogen (secondary N) is 1. The molecular weight excluding hydrogens is 428 g/mol. The summed E-state index contributed by atoms with van der Waals surface area (Å²) in [6, 6.07) is 0.223. The molecule has 168 valence electrons. The van der Waals surface area contributed by atoms with Gasteiger partial charge in [0.05, 0.1) is 30.3 Å². The van der Waals surface area contributed by atoms with Crippen LogP contribution in [0, 0.1) is 23.6 Å². The molecule has 2 atom stereocenters. The molecule has 1 aromatic rings. The molecule has 30 heavy (non-hydrogen) atoms. The zero-order valence-electron chi connectivity index (χ0n) is 16.6. The van der Waals surface area contributed by atoms with Crippen LogP contribution in [0.15, 0.2) is 12.1 Å². The standard InChI is InChI=1S/C20H24F4N2O3.ClH/c1-9(19(28)29-2)12-7-14(21)15(8-13(12)20(22,23)24)26-18(27)17(25)16(10-3-4-10)11-5-6-11;/h7-11,16-17H,3-6,25H2,1-2H3,(H,26,27);1H/t9?,17-;/m0./s1. The van der Waals surface area contributed by atoms with Crippen LogP contribution in [0.25, 0.3) is 0 Å². The Morgan fingerprint density at radius 3 is 2.13 bits per heavy atom. The Balaban J connectivity index is 0.00000320. The normalized spacial score (nSPS) is 18.4. The molecule has 0 aromatic heterocycles. The van der Waals surface area contributed by atoms with Crippen molar-refractivity contribution in [1.82, 2.24) is 0 Å². The van der Waals surface area contributed by atoms with Crippen molar-refractivity contribution in [2.24, 2.45) is 23.5 Å². The predicted octanol–water partition coefficient (Wildman–Crippen LogP) is 4.24. The number of carbonyl (C=O) groups is 2. The lowest BCUT2D eigenvalue weighted by molar-refractivity contribution is -0.143. The van der Waals surface area contributed by atoms with Crippen LogP contribution in [0.1, 0.15) is 49.7 Å². The molecule has 0 radical (unpaired) electrons. The summed E-state index contributed by atoms with van der Waals surface area (Å²) < 4.78 is 59.6. The number of methoxy groups -OCH3 is 1. The maximum atomic E-state index is 14.5. The summed E-state index contributed by atoms with van der Waals surface area (Å²) in [4.78, 5) is 24.2.